The maximum absolute atomic E-state index is 12.6. The van der Waals surface area contributed by atoms with Crippen molar-refractivity contribution < 1.29 is 13.2 Å². The van der Waals surface area contributed by atoms with Crippen molar-refractivity contribution in [2.24, 2.45) is 11.5 Å². The van der Waals surface area contributed by atoms with Crippen LogP contribution < -0.4 is 11.5 Å². The highest BCUT2D eigenvalue weighted by Gasteiger charge is 2.31. The molecule has 1 atom stereocenters. The Bertz CT molecular complexity index is 399. The van der Waals surface area contributed by atoms with E-state index in [0.29, 0.717) is 23.0 Å². The van der Waals surface area contributed by atoms with Gasteiger partial charge in [-0.3, -0.25) is 0 Å². The fourth-order valence-corrected chi connectivity index (χ4v) is 2.21. The van der Waals surface area contributed by atoms with Crippen molar-refractivity contribution in [3.05, 3.63) is 33.8 Å². The first-order chi connectivity index (χ1) is 8.36. The molecule has 0 aromatic heterocycles. The van der Waals surface area contributed by atoms with E-state index in [4.69, 9.17) is 11.5 Å². The van der Waals surface area contributed by atoms with Gasteiger partial charge in [0.05, 0.1) is 5.56 Å². The molecule has 0 saturated carbocycles. The van der Waals surface area contributed by atoms with E-state index in [9.17, 15) is 13.2 Å². The van der Waals surface area contributed by atoms with E-state index in [1.807, 2.05) is 0 Å². The quantitative estimate of drug-likeness (QED) is 0.778. The van der Waals surface area contributed by atoms with Crippen molar-refractivity contribution in [3.8, 4) is 0 Å². The third-order valence-corrected chi connectivity index (χ3v) is 3.41. The molecule has 0 aliphatic carbocycles. The van der Waals surface area contributed by atoms with Crippen LogP contribution in [0.1, 0.15) is 36.4 Å². The van der Waals surface area contributed by atoms with E-state index < -0.39 is 17.8 Å². The number of nitrogens with two attached hydrogens (primary N) is 2. The molecule has 0 fully saturated rings. The summed E-state index contributed by atoms with van der Waals surface area (Å²) in [4.78, 5) is 0. The number of hydrogen-bond acceptors (Lipinski definition) is 2. The minimum absolute atomic E-state index is 0. The van der Waals surface area contributed by atoms with Gasteiger partial charge in [-0.1, -0.05) is 22.4 Å². The molecule has 0 heterocycles. The first kappa shape index (κ1) is 18.7. The molecule has 7 heteroatoms. The number of unbranched alkanes of at least 4 members (excludes halogenated alkanes) is 1. The zero-order chi connectivity index (χ0) is 13.8. The molecule has 1 aromatic carbocycles. The second kappa shape index (κ2) is 8.09. The van der Waals surface area contributed by atoms with Crippen LogP contribution in [-0.2, 0) is 6.18 Å². The van der Waals surface area contributed by atoms with Crippen LogP contribution in [-0.4, -0.2) is 6.54 Å². The summed E-state index contributed by atoms with van der Waals surface area (Å²) >= 11 is 3.23. The monoisotopic (exact) mass is 360 g/mol. The molecule has 110 valence electrons. The predicted octanol–water partition coefficient (Wildman–Crippen LogP) is 4.02. The minimum Gasteiger partial charge on any atom is -0.330 e. The molecular formula is C12H17BrClF3N2. The zero-order valence-corrected chi connectivity index (χ0v) is 12.6. The summed E-state index contributed by atoms with van der Waals surface area (Å²) in [6.45, 7) is 0.566. The summed E-state index contributed by atoms with van der Waals surface area (Å²) in [5.41, 5.74) is 11.1. The van der Waals surface area contributed by atoms with Crippen LogP contribution in [0.25, 0.3) is 0 Å². The lowest BCUT2D eigenvalue weighted by Gasteiger charge is -2.16. The standard InChI is InChI=1S/C12H16BrF3N2.ClH/c13-10-5-4-8(12(14,15)16)7-9(10)11(18)3-1-2-6-17;/h4-5,7,11H,1-3,6,17-18H2;1H/t11-;/m0./s1. The molecule has 0 radical (unpaired) electrons. The summed E-state index contributed by atoms with van der Waals surface area (Å²) in [5, 5.41) is 0. The highest BCUT2D eigenvalue weighted by molar-refractivity contribution is 9.10. The fourth-order valence-electron chi connectivity index (χ4n) is 1.67. The molecular weight excluding hydrogens is 344 g/mol. The third-order valence-electron chi connectivity index (χ3n) is 2.69. The summed E-state index contributed by atoms with van der Waals surface area (Å²) in [7, 11) is 0. The van der Waals surface area contributed by atoms with Crippen molar-refractivity contribution in [3.63, 3.8) is 0 Å². The number of hydrogen-bond donors (Lipinski definition) is 2. The van der Waals surface area contributed by atoms with Gasteiger partial charge in [0.25, 0.3) is 0 Å². The van der Waals surface area contributed by atoms with Gasteiger partial charge in [-0.25, -0.2) is 0 Å². The van der Waals surface area contributed by atoms with E-state index in [2.05, 4.69) is 15.9 Å². The van der Waals surface area contributed by atoms with Crippen molar-refractivity contribution >= 4 is 28.3 Å². The first-order valence-corrected chi connectivity index (χ1v) is 6.48. The normalized spacial score (nSPS) is 12.9. The largest absolute Gasteiger partial charge is 0.416 e. The Morgan fingerprint density at radius 1 is 1.21 bits per heavy atom. The van der Waals surface area contributed by atoms with Gasteiger partial charge in [-0.05, 0) is 43.1 Å². The van der Waals surface area contributed by atoms with E-state index in [1.165, 1.54) is 6.07 Å². The van der Waals surface area contributed by atoms with Crippen molar-refractivity contribution in [1.29, 1.82) is 0 Å². The van der Waals surface area contributed by atoms with Gasteiger partial charge >= 0.3 is 6.18 Å². The Morgan fingerprint density at radius 3 is 2.37 bits per heavy atom. The van der Waals surface area contributed by atoms with Gasteiger partial charge < -0.3 is 11.5 Å². The molecule has 0 aliphatic heterocycles. The van der Waals surface area contributed by atoms with Gasteiger partial charge in [0.15, 0.2) is 0 Å². The summed E-state index contributed by atoms with van der Waals surface area (Å²) in [6.07, 6.45) is -2.09. The van der Waals surface area contributed by atoms with E-state index in [1.54, 1.807) is 0 Å². The Kier molecular flexibility index (Phi) is 7.96. The smallest absolute Gasteiger partial charge is 0.330 e. The van der Waals surface area contributed by atoms with Gasteiger partial charge in [0, 0.05) is 10.5 Å². The van der Waals surface area contributed by atoms with Crippen molar-refractivity contribution in [2.45, 2.75) is 31.5 Å². The van der Waals surface area contributed by atoms with Gasteiger partial charge in [0.1, 0.15) is 0 Å². The van der Waals surface area contributed by atoms with Crippen LogP contribution in [0, 0.1) is 0 Å². The van der Waals surface area contributed by atoms with E-state index in [-0.39, 0.29) is 12.4 Å². The van der Waals surface area contributed by atoms with Crippen molar-refractivity contribution in [1.82, 2.24) is 0 Å². The molecule has 1 aromatic rings. The Hall–Kier alpha value is -0.300. The summed E-state index contributed by atoms with van der Waals surface area (Å²) < 4.78 is 38.4. The lowest BCUT2D eigenvalue weighted by Crippen LogP contribution is -2.14. The first-order valence-electron chi connectivity index (χ1n) is 5.68. The lowest BCUT2D eigenvalue weighted by molar-refractivity contribution is -0.137. The number of rotatable bonds is 5. The molecule has 19 heavy (non-hydrogen) atoms. The Labute approximate surface area is 125 Å². The molecule has 4 N–H and O–H groups in total. The van der Waals surface area contributed by atoms with Crippen LogP contribution in [0.4, 0.5) is 13.2 Å². The molecule has 0 bridgehead atoms. The number of benzene rings is 1. The number of alkyl halides is 3. The summed E-state index contributed by atoms with van der Waals surface area (Å²) in [6, 6.07) is 3.13. The number of halogens is 5. The maximum Gasteiger partial charge on any atom is 0.416 e. The van der Waals surface area contributed by atoms with E-state index in [0.717, 1.165) is 25.0 Å². The van der Waals surface area contributed by atoms with Crippen LogP contribution in [0.5, 0.6) is 0 Å². The van der Waals surface area contributed by atoms with Crippen LogP contribution in [0.3, 0.4) is 0 Å². The Balaban J connectivity index is 0.00000324. The molecule has 2 nitrogen and oxygen atoms in total. The van der Waals surface area contributed by atoms with Crippen molar-refractivity contribution in [2.75, 3.05) is 6.54 Å². The van der Waals surface area contributed by atoms with Gasteiger partial charge in [-0.2, -0.15) is 13.2 Å². The van der Waals surface area contributed by atoms with Gasteiger partial charge in [0.2, 0.25) is 0 Å². The molecule has 0 saturated heterocycles. The van der Waals surface area contributed by atoms with Gasteiger partial charge in [-0.15, -0.1) is 12.4 Å². The second-order valence-corrected chi connectivity index (χ2v) is 4.98. The minimum atomic E-state index is -4.34. The van der Waals surface area contributed by atoms with E-state index >= 15 is 0 Å². The Morgan fingerprint density at radius 2 is 1.84 bits per heavy atom. The molecule has 0 unspecified atom stereocenters. The highest BCUT2D eigenvalue weighted by atomic mass is 79.9. The fraction of sp³-hybridized carbons (Fsp3) is 0.500. The maximum atomic E-state index is 12.6. The topological polar surface area (TPSA) is 52.0 Å². The molecule has 0 amide bonds. The second-order valence-electron chi connectivity index (χ2n) is 4.13. The lowest BCUT2D eigenvalue weighted by atomic mass is 10.00. The highest BCUT2D eigenvalue weighted by Crippen LogP contribution is 2.34. The van der Waals surface area contributed by atoms with Crippen LogP contribution in [0.2, 0.25) is 0 Å². The summed E-state index contributed by atoms with van der Waals surface area (Å²) in [5.74, 6) is 0. The van der Waals surface area contributed by atoms with Crippen LogP contribution >= 0.6 is 28.3 Å². The molecule has 0 aliphatic rings. The van der Waals surface area contributed by atoms with Crippen LogP contribution in [0.15, 0.2) is 22.7 Å². The molecule has 0 spiro atoms. The SMILES string of the molecule is Cl.NCCCC[C@H](N)c1cc(C(F)(F)F)ccc1Br. The average molecular weight is 362 g/mol. The average Bonchev–Trinajstić information content (AvgIpc) is 2.28. The predicted molar refractivity (Wildman–Crippen MR) is 76.2 cm³/mol. The third kappa shape index (κ3) is 5.69. The zero-order valence-electron chi connectivity index (χ0n) is 10.2. The molecule has 1 rings (SSSR count).